The van der Waals surface area contributed by atoms with E-state index in [1.54, 1.807) is 42.7 Å². The zero-order valence-corrected chi connectivity index (χ0v) is 12.9. The molecule has 2 aromatic rings. The number of benzene rings is 1. The summed E-state index contributed by atoms with van der Waals surface area (Å²) in [5, 5.41) is 6.17. The van der Waals surface area contributed by atoms with E-state index >= 15 is 0 Å². The number of ether oxygens (including phenoxy) is 1. The molecule has 21 heavy (non-hydrogen) atoms. The number of rotatable bonds is 5. The molecule has 5 heteroatoms. The van der Waals surface area contributed by atoms with Gasteiger partial charge in [0.05, 0.1) is 13.2 Å². The normalized spacial score (nSPS) is 15.5. The highest BCUT2D eigenvalue weighted by atomic mass is 32.1. The lowest BCUT2D eigenvalue weighted by atomic mass is 10.1. The number of aromatic nitrogens is 1. The van der Waals surface area contributed by atoms with E-state index in [0.29, 0.717) is 11.5 Å². The Morgan fingerprint density at radius 2 is 2.10 bits per heavy atom. The van der Waals surface area contributed by atoms with Crippen LogP contribution >= 0.6 is 11.3 Å². The van der Waals surface area contributed by atoms with E-state index < -0.39 is 0 Å². The monoisotopic (exact) mass is 302 g/mol. The van der Waals surface area contributed by atoms with Gasteiger partial charge in [-0.1, -0.05) is 0 Å². The Balaban J connectivity index is 1.74. The van der Waals surface area contributed by atoms with Crippen LogP contribution in [0.25, 0.3) is 0 Å². The third kappa shape index (κ3) is 3.24. The summed E-state index contributed by atoms with van der Waals surface area (Å²) in [6.45, 7) is 1.98. The van der Waals surface area contributed by atoms with Gasteiger partial charge in [-0.3, -0.25) is 4.79 Å². The van der Waals surface area contributed by atoms with E-state index in [4.69, 9.17) is 4.74 Å². The Morgan fingerprint density at radius 1 is 1.38 bits per heavy atom. The van der Waals surface area contributed by atoms with Crippen LogP contribution in [0.5, 0.6) is 5.75 Å². The van der Waals surface area contributed by atoms with Gasteiger partial charge in [-0.05, 0) is 49.9 Å². The number of aryl methyl sites for hydroxylation is 1. The largest absolute Gasteiger partial charge is 0.497 e. The van der Waals surface area contributed by atoms with E-state index in [1.165, 1.54) is 0 Å². The number of nitrogens with zero attached hydrogens (tertiary/aromatic N) is 1. The topological polar surface area (TPSA) is 51.2 Å². The minimum Gasteiger partial charge on any atom is -0.497 e. The molecule has 0 aliphatic heterocycles. The molecule has 4 nitrogen and oxygen atoms in total. The van der Waals surface area contributed by atoms with Crippen molar-refractivity contribution in [1.29, 1.82) is 0 Å². The maximum atomic E-state index is 12.4. The van der Waals surface area contributed by atoms with Crippen molar-refractivity contribution in [3.05, 3.63) is 45.9 Å². The fraction of sp³-hybridized carbons (Fsp3) is 0.375. The lowest BCUT2D eigenvalue weighted by Gasteiger charge is -2.16. The Morgan fingerprint density at radius 3 is 2.62 bits per heavy atom. The third-order valence-corrected chi connectivity index (χ3v) is 4.68. The summed E-state index contributed by atoms with van der Waals surface area (Å²) < 4.78 is 5.11. The number of hydrogen-bond acceptors (Lipinski definition) is 4. The number of methoxy groups -OCH3 is 1. The third-order valence-electron chi connectivity index (χ3n) is 3.64. The van der Waals surface area contributed by atoms with Crippen molar-refractivity contribution in [1.82, 2.24) is 10.3 Å². The maximum Gasteiger partial charge on any atom is 0.251 e. The van der Waals surface area contributed by atoms with Crippen LogP contribution in [0, 0.1) is 12.8 Å². The summed E-state index contributed by atoms with van der Waals surface area (Å²) >= 11 is 1.62. The second kappa shape index (κ2) is 5.85. The molecule has 1 aromatic carbocycles. The van der Waals surface area contributed by atoms with Gasteiger partial charge in [-0.2, -0.15) is 0 Å². The van der Waals surface area contributed by atoms with Gasteiger partial charge in [-0.15, -0.1) is 11.3 Å². The number of carbonyl (C=O) groups excluding carboxylic acids is 1. The molecule has 1 saturated carbocycles. The highest BCUT2D eigenvalue weighted by Gasteiger charge is 2.35. The van der Waals surface area contributed by atoms with Crippen LogP contribution in [0.3, 0.4) is 0 Å². The van der Waals surface area contributed by atoms with Gasteiger partial charge in [0.2, 0.25) is 0 Å². The molecule has 0 saturated heterocycles. The molecular formula is C16H18N2O2S. The molecule has 1 aromatic heterocycles. The molecule has 1 N–H and O–H groups in total. The molecule has 1 fully saturated rings. The van der Waals surface area contributed by atoms with E-state index in [0.717, 1.165) is 29.3 Å². The Bertz CT molecular complexity index is 632. The molecule has 0 radical (unpaired) electrons. The van der Waals surface area contributed by atoms with Crippen molar-refractivity contribution < 1.29 is 9.53 Å². The summed E-state index contributed by atoms with van der Waals surface area (Å²) in [5.74, 6) is 1.22. The smallest absolute Gasteiger partial charge is 0.251 e. The van der Waals surface area contributed by atoms with Crippen molar-refractivity contribution in [2.24, 2.45) is 5.92 Å². The van der Waals surface area contributed by atoms with Crippen molar-refractivity contribution >= 4 is 17.2 Å². The predicted octanol–water partition coefficient (Wildman–Crippen LogP) is 3.34. The number of amides is 1. The lowest BCUT2D eigenvalue weighted by molar-refractivity contribution is 0.0931. The molecule has 3 rings (SSSR count). The Labute approximate surface area is 128 Å². The molecular weight excluding hydrogens is 284 g/mol. The van der Waals surface area contributed by atoms with Crippen LogP contribution in [-0.4, -0.2) is 18.0 Å². The maximum absolute atomic E-state index is 12.4. The van der Waals surface area contributed by atoms with Gasteiger partial charge in [0.15, 0.2) is 0 Å². The molecule has 0 unspecified atom stereocenters. The SMILES string of the molecule is COc1ccc(C(=O)N[C@H](c2nc(C)cs2)C2CC2)cc1. The van der Waals surface area contributed by atoms with Crippen LogP contribution in [0.2, 0.25) is 0 Å². The first-order valence-corrected chi connectivity index (χ1v) is 7.92. The van der Waals surface area contributed by atoms with Crippen LogP contribution < -0.4 is 10.1 Å². The van der Waals surface area contributed by atoms with Crippen LogP contribution in [0.1, 0.15) is 39.9 Å². The average Bonchev–Trinajstić information content (AvgIpc) is 3.26. The zero-order chi connectivity index (χ0) is 14.8. The zero-order valence-electron chi connectivity index (χ0n) is 12.1. The van der Waals surface area contributed by atoms with Gasteiger partial charge < -0.3 is 10.1 Å². The standard InChI is InChI=1S/C16H18N2O2S/c1-10-9-21-16(17-10)14(11-3-4-11)18-15(19)12-5-7-13(20-2)8-6-12/h5-9,11,14H,3-4H2,1-2H3,(H,18,19)/t14-/m0/s1. The highest BCUT2D eigenvalue weighted by Crippen LogP contribution is 2.42. The van der Waals surface area contributed by atoms with Crippen molar-refractivity contribution in [2.45, 2.75) is 25.8 Å². The summed E-state index contributed by atoms with van der Waals surface area (Å²) in [6, 6.07) is 7.21. The van der Waals surface area contributed by atoms with Gasteiger partial charge in [0.1, 0.15) is 10.8 Å². The lowest BCUT2D eigenvalue weighted by Crippen LogP contribution is -2.29. The van der Waals surface area contributed by atoms with Crippen molar-refractivity contribution in [3.8, 4) is 5.75 Å². The molecule has 1 aliphatic rings. The molecule has 110 valence electrons. The highest BCUT2D eigenvalue weighted by molar-refractivity contribution is 7.09. The summed E-state index contributed by atoms with van der Waals surface area (Å²) in [6.07, 6.45) is 2.32. The van der Waals surface area contributed by atoms with Gasteiger partial charge in [-0.25, -0.2) is 4.98 Å². The van der Waals surface area contributed by atoms with Crippen molar-refractivity contribution in [2.75, 3.05) is 7.11 Å². The number of nitrogens with one attached hydrogen (secondary N) is 1. The van der Waals surface area contributed by atoms with Gasteiger partial charge in [0.25, 0.3) is 5.91 Å². The first kappa shape index (κ1) is 14.1. The first-order chi connectivity index (χ1) is 10.2. The second-order valence-corrected chi connectivity index (χ2v) is 6.23. The quantitative estimate of drug-likeness (QED) is 0.921. The molecule has 1 amide bonds. The average molecular weight is 302 g/mol. The fourth-order valence-corrected chi connectivity index (χ4v) is 3.23. The van der Waals surface area contributed by atoms with E-state index in [1.807, 2.05) is 12.3 Å². The first-order valence-electron chi connectivity index (χ1n) is 7.04. The molecule has 1 aliphatic carbocycles. The fourth-order valence-electron chi connectivity index (χ4n) is 2.29. The van der Waals surface area contributed by atoms with Crippen LogP contribution in [0.15, 0.2) is 29.6 Å². The summed E-state index contributed by atoms with van der Waals surface area (Å²) in [5.41, 5.74) is 1.66. The molecule has 0 spiro atoms. The minimum absolute atomic E-state index is 0.0401. The number of hydrogen-bond donors (Lipinski definition) is 1. The molecule has 1 atom stereocenters. The van der Waals surface area contributed by atoms with E-state index in [9.17, 15) is 4.79 Å². The predicted molar refractivity (Wildman–Crippen MR) is 82.8 cm³/mol. The van der Waals surface area contributed by atoms with E-state index in [2.05, 4.69) is 10.3 Å². The second-order valence-electron chi connectivity index (χ2n) is 5.34. The Kier molecular flexibility index (Phi) is 3.92. The van der Waals surface area contributed by atoms with E-state index in [-0.39, 0.29) is 11.9 Å². The summed E-state index contributed by atoms with van der Waals surface area (Å²) in [7, 11) is 1.61. The van der Waals surface area contributed by atoms with Crippen molar-refractivity contribution in [3.63, 3.8) is 0 Å². The number of carbonyl (C=O) groups is 1. The molecule has 0 bridgehead atoms. The number of thiazole rings is 1. The summed E-state index contributed by atoms with van der Waals surface area (Å²) in [4.78, 5) is 16.9. The minimum atomic E-state index is -0.0533. The molecule has 1 heterocycles. The van der Waals surface area contributed by atoms with Crippen LogP contribution in [-0.2, 0) is 0 Å². The Hall–Kier alpha value is -1.88. The van der Waals surface area contributed by atoms with Crippen LogP contribution in [0.4, 0.5) is 0 Å². The van der Waals surface area contributed by atoms with Gasteiger partial charge >= 0.3 is 0 Å². The van der Waals surface area contributed by atoms with Gasteiger partial charge in [0, 0.05) is 16.6 Å².